The Balaban J connectivity index is 2.83. The Morgan fingerprint density at radius 3 is 2.57 bits per heavy atom. The Hall–Kier alpha value is -0.120. The molecule has 0 bridgehead atoms. The summed E-state index contributed by atoms with van der Waals surface area (Å²) < 4.78 is 0. The van der Waals surface area contributed by atoms with Gasteiger partial charge in [-0.1, -0.05) is 6.92 Å². The maximum Gasteiger partial charge on any atom is 0.0938 e. The second-order valence-corrected chi connectivity index (χ2v) is 1.40. The van der Waals surface area contributed by atoms with Crippen molar-refractivity contribution in [1.82, 2.24) is 0 Å². The number of hydrogen-bond donors (Lipinski definition) is 2. The number of aliphatic hydroxyl groups is 1. The maximum absolute atomic E-state index is 8.65. The van der Waals surface area contributed by atoms with Crippen molar-refractivity contribution in [3.63, 3.8) is 0 Å². The number of nitrogens with two attached hydrogens (primary N) is 1. The molecule has 0 aromatic rings. The predicted molar refractivity (Wildman–Crippen MR) is 26.4 cm³/mol. The third kappa shape index (κ3) is 3.72. The van der Waals surface area contributed by atoms with E-state index in [1.807, 2.05) is 6.92 Å². The highest BCUT2D eigenvalue weighted by Crippen LogP contribution is 1.86. The molecule has 1 atom stereocenters. The molecule has 0 heterocycles. The summed E-state index contributed by atoms with van der Waals surface area (Å²) in [6, 6.07) is 0. The van der Waals surface area contributed by atoms with Crippen LogP contribution in [0.4, 0.5) is 0 Å². The van der Waals surface area contributed by atoms with Gasteiger partial charge in [-0.3, -0.25) is 0 Å². The van der Waals surface area contributed by atoms with E-state index in [-0.39, 0.29) is 6.61 Å². The molecule has 3 N–H and O–H groups in total. The average molecular weight is 105 g/mol. The molecular weight excluding hydrogens is 94.0 g/mol. The molecule has 0 radical (unpaired) electrons. The van der Waals surface area contributed by atoms with Crippen molar-refractivity contribution in [1.29, 1.82) is 0 Å². The minimum Gasteiger partial charge on any atom is -0.391 e. The van der Waals surface area contributed by atoms with E-state index in [4.69, 9.17) is 5.11 Å². The summed E-state index contributed by atoms with van der Waals surface area (Å²) >= 11 is 0. The van der Waals surface area contributed by atoms with Gasteiger partial charge in [0.05, 0.1) is 12.7 Å². The quantitative estimate of drug-likeness (QED) is 0.482. The lowest BCUT2D eigenvalue weighted by molar-refractivity contribution is 0.0349. The van der Waals surface area contributed by atoms with Crippen molar-refractivity contribution in [3.8, 4) is 0 Å². The highest BCUT2D eigenvalue weighted by Gasteiger charge is 1.95. The van der Waals surface area contributed by atoms with E-state index in [0.29, 0.717) is 6.42 Å². The second kappa shape index (κ2) is 4.05. The number of aliphatic hydroxyl groups excluding tert-OH is 1. The largest absolute Gasteiger partial charge is 0.391 e. The minimum absolute atomic E-state index is 0.233. The molecule has 44 valence electrons. The molecule has 0 saturated heterocycles. The topological polar surface area (TPSA) is 55.5 Å². The van der Waals surface area contributed by atoms with Crippen LogP contribution in [0.2, 0.25) is 0 Å². The molecule has 0 aliphatic heterocycles. The first-order valence-corrected chi connectivity index (χ1v) is 2.31. The summed E-state index contributed by atoms with van der Waals surface area (Å²) in [6.07, 6.45) is 0.294. The van der Waals surface area contributed by atoms with Crippen LogP contribution in [-0.4, -0.2) is 17.8 Å². The minimum atomic E-state index is -0.398. The van der Waals surface area contributed by atoms with Gasteiger partial charge in [0.25, 0.3) is 0 Å². The monoisotopic (exact) mass is 105 g/mol. The van der Waals surface area contributed by atoms with Gasteiger partial charge in [0.15, 0.2) is 0 Å². The molecule has 3 nitrogen and oxygen atoms in total. The zero-order valence-corrected chi connectivity index (χ0v) is 4.42. The molecule has 0 fully saturated rings. The number of hydrogen-bond acceptors (Lipinski definition) is 3. The zero-order valence-electron chi connectivity index (χ0n) is 4.42. The lowest BCUT2D eigenvalue weighted by Gasteiger charge is -2.01. The summed E-state index contributed by atoms with van der Waals surface area (Å²) in [5.74, 6) is 4.64. The maximum atomic E-state index is 8.65. The third-order valence-electron chi connectivity index (χ3n) is 0.760. The zero-order chi connectivity index (χ0) is 5.70. The van der Waals surface area contributed by atoms with Gasteiger partial charge in [0.1, 0.15) is 0 Å². The van der Waals surface area contributed by atoms with Gasteiger partial charge < -0.3 is 9.94 Å². The van der Waals surface area contributed by atoms with Crippen LogP contribution < -0.4 is 5.90 Å². The van der Waals surface area contributed by atoms with Crippen molar-refractivity contribution >= 4 is 0 Å². The van der Waals surface area contributed by atoms with Crippen LogP contribution in [0.5, 0.6) is 0 Å². The Labute approximate surface area is 43.0 Å². The lowest BCUT2D eigenvalue weighted by atomic mass is 10.3. The van der Waals surface area contributed by atoms with Crippen LogP contribution in [0.25, 0.3) is 0 Å². The molecule has 0 aromatic heterocycles. The lowest BCUT2D eigenvalue weighted by Crippen LogP contribution is -2.16. The molecule has 0 aliphatic rings. The first kappa shape index (κ1) is 6.88. The SMILES string of the molecule is CCC(O)CON. The van der Waals surface area contributed by atoms with E-state index in [2.05, 4.69) is 10.7 Å². The van der Waals surface area contributed by atoms with E-state index >= 15 is 0 Å². The van der Waals surface area contributed by atoms with Crippen LogP contribution in [0.3, 0.4) is 0 Å². The average Bonchev–Trinajstić information content (AvgIpc) is 1.68. The Bertz CT molecular complexity index is 40.7. The summed E-state index contributed by atoms with van der Waals surface area (Å²) in [6.45, 7) is 2.10. The van der Waals surface area contributed by atoms with E-state index in [9.17, 15) is 0 Å². The van der Waals surface area contributed by atoms with E-state index in [1.165, 1.54) is 0 Å². The van der Waals surface area contributed by atoms with Gasteiger partial charge in [0, 0.05) is 0 Å². The normalized spacial score (nSPS) is 14.1. The van der Waals surface area contributed by atoms with E-state index < -0.39 is 6.10 Å². The van der Waals surface area contributed by atoms with Gasteiger partial charge in [-0.15, -0.1) is 0 Å². The smallest absolute Gasteiger partial charge is 0.0938 e. The van der Waals surface area contributed by atoms with Crippen LogP contribution in [0.1, 0.15) is 13.3 Å². The fourth-order valence-corrected chi connectivity index (χ4v) is 0.229. The van der Waals surface area contributed by atoms with Crippen LogP contribution in [-0.2, 0) is 4.84 Å². The molecule has 0 amide bonds. The van der Waals surface area contributed by atoms with Crippen LogP contribution in [0, 0.1) is 0 Å². The van der Waals surface area contributed by atoms with Gasteiger partial charge in [-0.05, 0) is 6.42 Å². The molecular formula is C4H11NO2. The van der Waals surface area contributed by atoms with Crippen LogP contribution in [0.15, 0.2) is 0 Å². The highest BCUT2D eigenvalue weighted by atomic mass is 16.6. The summed E-state index contributed by atoms with van der Waals surface area (Å²) in [4.78, 5) is 4.14. The molecule has 7 heavy (non-hydrogen) atoms. The molecule has 0 aromatic carbocycles. The van der Waals surface area contributed by atoms with E-state index in [0.717, 1.165) is 0 Å². The molecule has 0 rings (SSSR count). The predicted octanol–water partition coefficient (Wildman–Crippen LogP) is -0.352. The summed E-state index contributed by atoms with van der Waals surface area (Å²) in [7, 11) is 0. The Morgan fingerprint density at radius 2 is 2.43 bits per heavy atom. The van der Waals surface area contributed by atoms with Gasteiger partial charge in [0.2, 0.25) is 0 Å². The first-order chi connectivity index (χ1) is 3.31. The van der Waals surface area contributed by atoms with Crippen molar-refractivity contribution in [2.75, 3.05) is 6.61 Å². The Morgan fingerprint density at radius 1 is 1.86 bits per heavy atom. The molecule has 0 aliphatic carbocycles. The Kier molecular flexibility index (Phi) is 3.98. The van der Waals surface area contributed by atoms with Crippen molar-refractivity contribution in [2.24, 2.45) is 5.90 Å². The van der Waals surface area contributed by atoms with Crippen LogP contribution >= 0.6 is 0 Å². The molecule has 0 saturated carbocycles. The van der Waals surface area contributed by atoms with Crippen molar-refractivity contribution in [3.05, 3.63) is 0 Å². The fraction of sp³-hybridized carbons (Fsp3) is 1.00. The second-order valence-electron chi connectivity index (χ2n) is 1.40. The molecule has 0 spiro atoms. The van der Waals surface area contributed by atoms with Gasteiger partial charge >= 0.3 is 0 Å². The van der Waals surface area contributed by atoms with Gasteiger partial charge in [-0.25, -0.2) is 5.90 Å². The molecule has 3 heteroatoms. The fourth-order valence-electron chi connectivity index (χ4n) is 0.229. The first-order valence-electron chi connectivity index (χ1n) is 2.31. The summed E-state index contributed by atoms with van der Waals surface area (Å²) in [5, 5.41) is 8.65. The van der Waals surface area contributed by atoms with Crippen molar-refractivity contribution < 1.29 is 9.94 Å². The summed E-state index contributed by atoms with van der Waals surface area (Å²) in [5.41, 5.74) is 0. The van der Waals surface area contributed by atoms with E-state index in [1.54, 1.807) is 0 Å². The highest BCUT2D eigenvalue weighted by molar-refractivity contribution is 4.45. The van der Waals surface area contributed by atoms with Crippen molar-refractivity contribution in [2.45, 2.75) is 19.4 Å². The standard InChI is InChI=1S/C4H11NO2/c1-2-4(6)3-7-5/h4,6H,2-3,5H2,1H3. The third-order valence-corrected chi connectivity index (χ3v) is 0.760. The number of rotatable bonds is 3. The molecule has 1 unspecified atom stereocenters. The van der Waals surface area contributed by atoms with Gasteiger partial charge in [-0.2, -0.15) is 0 Å².